The molecule has 0 aromatic carbocycles. The van der Waals surface area contributed by atoms with E-state index in [4.69, 9.17) is 37.9 Å². The Balaban J connectivity index is 1.69. The van der Waals surface area contributed by atoms with E-state index in [1.54, 1.807) is 34.6 Å². The maximum atomic E-state index is 11.7. The van der Waals surface area contributed by atoms with Crippen molar-refractivity contribution < 1.29 is 73.6 Å². The molecular formula is C36H64O15. The molecule has 0 amide bonds. The second kappa shape index (κ2) is 19.5. The summed E-state index contributed by atoms with van der Waals surface area (Å²) < 4.78 is 46.8. The maximum absolute atomic E-state index is 11.7. The minimum atomic E-state index is -2.37. The molecule has 15 nitrogen and oxygen atoms in total. The number of aliphatic hydroxyl groups excluding tert-OH is 5. The van der Waals surface area contributed by atoms with Gasteiger partial charge in [-0.1, -0.05) is 13.8 Å². The molecule has 0 radical (unpaired) electrons. The Bertz CT molecular complexity index is 1100. The normalized spacial score (nSPS) is 41.9. The van der Waals surface area contributed by atoms with Gasteiger partial charge in [-0.15, -0.1) is 11.8 Å². The fourth-order valence-corrected chi connectivity index (χ4v) is 7.53. The van der Waals surface area contributed by atoms with E-state index in [0.717, 1.165) is 0 Å². The van der Waals surface area contributed by atoms with Crippen LogP contribution in [0.15, 0.2) is 0 Å². The molecule has 3 heterocycles. The predicted molar refractivity (Wildman–Crippen MR) is 182 cm³/mol. The van der Waals surface area contributed by atoms with E-state index in [2.05, 4.69) is 11.8 Å². The molecule has 0 bridgehead atoms. The number of hydrogen-bond acceptors (Lipinski definition) is 15. The highest BCUT2D eigenvalue weighted by Crippen LogP contribution is 2.42. The molecule has 15 heteroatoms. The zero-order valence-electron chi connectivity index (χ0n) is 31.6. The van der Waals surface area contributed by atoms with Gasteiger partial charge in [-0.25, -0.2) is 0 Å². The lowest BCUT2D eigenvalue weighted by Gasteiger charge is -2.51. The molecular weight excluding hydrogens is 672 g/mol. The van der Waals surface area contributed by atoms with Crippen LogP contribution < -0.4 is 0 Å². The Hall–Kier alpha value is -1.04. The number of rotatable bonds is 17. The van der Waals surface area contributed by atoms with Crippen LogP contribution in [-0.4, -0.2) is 161 Å². The zero-order chi connectivity index (χ0) is 38.3. The first-order valence-corrected chi connectivity index (χ1v) is 18.0. The highest BCUT2D eigenvalue weighted by Gasteiger charge is 2.56. The van der Waals surface area contributed by atoms with Crippen molar-refractivity contribution in [2.75, 3.05) is 27.9 Å². The van der Waals surface area contributed by atoms with Crippen molar-refractivity contribution in [3.8, 4) is 11.8 Å². The summed E-state index contributed by atoms with van der Waals surface area (Å²) in [5.41, 5.74) is -1.41. The average molecular weight is 737 g/mol. The first kappa shape index (κ1) is 44.4. The molecule has 0 aromatic rings. The van der Waals surface area contributed by atoms with Gasteiger partial charge in [0.05, 0.1) is 67.1 Å². The highest BCUT2D eigenvalue weighted by molar-refractivity contribution is 5.00. The van der Waals surface area contributed by atoms with Crippen molar-refractivity contribution >= 4 is 0 Å². The van der Waals surface area contributed by atoms with Gasteiger partial charge in [0.25, 0.3) is 0 Å². The second-order valence-electron chi connectivity index (χ2n) is 14.7. The maximum Gasteiger partial charge on any atom is 0.199 e. The van der Waals surface area contributed by atoms with Crippen molar-refractivity contribution in [3.05, 3.63) is 0 Å². The summed E-state index contributed by atoms with van der Waals surface area (Å²) >= 11 is 0. The minimum Gasteiger partial charge on any atom is -0.392 e. The summed E-state index contributed by atoms with van der Waals surface area (Å²) in [6.07, 6.45) is -12.0. The molecule has 0 saturated carbocycles. The van der Waals surface area contributed by atoms with Crippen molar-refractivity contribution in [2.45, 2.75) is 177 Å². The smallest absolute Gasteiger partial charge is 0.199 e. The van der Waals surface area contributed by atoms with Gasteiger partial charge in [0.1, 0.15) is 18.3 Å². The van der Waals surface area contributed by atoms with Crippen LogP contribution in [0, 0.1) is 23.7 Å². The second-order valence-corrected chi connectivity index (χ2v) is 14.7. The molecule has 0 unspecified atom stereocenters. The Morgan fingerprint density at radius 1 is 0.922 bits per heavy atom. The topological polar surface area (TPSA) is 215 Å². The summed E-state index contributed by atoms with van der Waals surface area (Å²) in [7, 11) is 4.37. The molecule has 3 saturated heterocycles. The molecule has 3 aliphatic heterocycles. The standard InChI is InChI=1S/C36H64O15/c1-10-11-12-13-24(37)27(45-8)15-25(38)33(41)36(43)20(3)31(39)19(2)26(51-36)14-23(18-44-7)49-30-17-35(6,42)34(22(5)48-30)50-29-16-28(46-9)32(40)21(4)47-29/h19-34,37-43H,12-18H2,1-9H3/t19-,20+,21+,22-,23+,24-,25-,26+,27-,28+,29-,30-,31-,32+,33+,34-,35-,36+/m0/s1. The first-order valence-electron chi connectivity index (χ1n) is 18.0. The quantitative estimate of drug-likeness (QED) is 0.0994. The van der Waals surface area contributed by atoms with E-state index < -0.39 is 109 Å². The SMILES string of the molecule is CC#CCC[C@H](O)[C@H](C[C@H](O)[C@@H](O)[C@]1(O)O[C@H](C[C@H](COC)O[C@H]2C[C@](C)(O)[C@@H](O[C@H]3C[C@@H](OC)[C@H](O)[C@@H](C)O3)[C@H](C)O2)[C@H](C)[C@H](O)[C@H]1C)OC. The Kier molecular flexibility index (Phi) is 17.0. The predicted octanol–water partition coefficient (Wildman–Crippen LogP) is 0.202. The summed E-state index contributed by atoms with van der Waals surface area (Å²) in [5, 5.41) is 77.7. The summed E-state index contributed by atoms with van der Waals surface area (Å²) in [5.74, 6) is 1.72. The highest BCUT2D eigenvalue weighted by atomic mass is 16.7. The van der Waals surface area contributed by atoms with Crippen LogP contribution >= 0.6 is 0 Å². The molecule has 3 fully saturated rings. The third-order valence-electron chi connectivity index (χ3n) is 10.8. The molecule has 18 atom stereocenters. The monoisotopic (exact) mass is 736 g/mol. The molecule has 3 rings (SSSR count). The molecule has 298 valence electrons. The zero-order valence-corrected chi connectivity index (χ0v) is 31.6. The van der Waals surface area contributed by atoms with Gasteiger partial charge in [-0.2, -0.15) is 0 Å². The molecule has 7 N–H and O–H groups in total. The lowest BCUT2D eigenvalue weighted by atomic mass is 9.76. The Morgan fingerprint density at radius 2 is 1.59 bits per heavy atom. The third-order valence-corrected chi connectivity index (χ3v) is 10.8. The summed E-state index contributed by atoms with van der Waals surface area (Å²) in [6, 6.07) is 0. The van der Waals surface area contributed by atoms with Gasteiger partial charge in [-0.3, -0.25) is 0 Å². The van der Waals surface area contributed by atoms with Crippen molar-refractivity contribution in [3.63, 3.8) is 0 Å². The number of aliphatic hydroxyl groups is 7. The van der Waals surface area contributed by atoms with E-state index in [-0.39, 0.29) is 32.3 Å². The Labute approximate surface area is 302 Å². The van der Waals surface area contributed by atoms with Crippen LogP contribution in [0.3, 0.4) is 0 Å². The average Bonchev–Trinajstić information content (AvgIpc) is 3.07. The number of ether oxygens (including phenoxy) is 8. The molecule has 0 spiro atoms. The van der Waals surface area contributed by atoms with E-state index in [0.29, 0.717) is 12.8 Å². The molecule has 0 aliphatic carbocycles. The van der Waals surface area contributed by atoms with E-state index in [1.165, 1.54) is 28.3 Å². The van der Waals surface area contributed by atoms with Crippen molar-refractivity contribution in [1.82, 2.24) is 0 Å². The van der Waals surface area contributed by atoms with Crippen molar-refractivity contribution in [2.24, 2.45) is 11.8 Å². The van der Waals surface area contributed by atoms with Crippen LogP contribution in [0.25, 0.3) is 0 Å². The lowest BCUT2D eigenvalue weighted by molar-refractivity contribution is -0.366. The van der Waals surface area contributed by atoms with Crippen LogP contribution in [-0.2, 0) is 37.9 Å². The number of methoxy groups -OCH3 is 3. The van der Waals surface area contributed by atoms with Gasteiger partial charge in [0.2, 0.25) is 0 Å². The first-order chi connectivity index (χ1) is 23.9. The van der Waals surface area contributed by atoms with Gasteiger partial charge in [0, 0.05) is 65.3 Å². The minimum absolute atomic E-state index is 0.0218. The fraction of sp³-hybridized carbons (Fsp3) is 0.944. The molecule has 51 heavy (non-hydrogen) atoms. The van der Waals surface area contributed by atoms with Gasteiger partial charge in [-0.05, 0) is 34.1 Å². The van der Waals surface area contributed by atoms with E-state index in [1.807, 2.05) is 0 Å². The summed E-state index contributed by atoms with van der Waals surface area (Å²) in [6.45, 7) is 10.1. The van der Waals surface area contributed by atoms with Crippen LogP contribution in [0.1, 0.15) is 80.1 Å². The number of hydrogen-bond donors (Lipinski definition) is 7. The summed E-state index contributed by atoms with van der Waals surface area (Å²) in [4.78, 5) is 0. The van der Waals surface area contributed by atoms with Crippen LogP contribution in [0.5, 0.6) is 0 Å². The Morgan fingerprint density at radius 3 is 2.18 bits per heavy atom. The molecule has 3 aliphatic rings. The van der Waals surface area contributed by atoms with Crippen molar-refractivity contribution in [1.29, 1.82) is 0 Å². The largest absolute Gasteiger partial charge is 0.392 e. The fourth-order valence-electron chi connectivity index (χ4n) is 7.53. The van der Waals surface area contributed by atoms with E-state index in [9.17, 15) is 35.7 Å². The van der Waals surface area contributed by atoms with Crippen LogP contribution in [0.4, 0.5) is 0 Å². The lowest BCUT2D eigenvalue weighted by Crippen LogP contribution is -2.65. The van der Waals surface area contributed by atoms with Gasteiger partial charge >= 0.3 is 0 Å². The van der Waals surface area contributed by atoms with E-state index >= 15 is 0 Å². The van der Waals surface area contributed by atoms with Crippen LogP contribution in [0.2, 0.25) is 0 Å². The van der Waals surface area contributed by atoms with Gasteiger partial charge < -0.3 is 73.6 Å². The third kappa shape index (κ3) is 11.0. The molecule has 0 aromatic heterocycles. The van der Waals surface area contributed by atoms with Gasteiger partial charge in [0.15, 0.2) is 18.4 Å².